The molecule has 0 aliphatic heterocycles. The number of aryl methyl sites for hydroxylation is 1. The van der Waals surface area contributed by atoms with Crippen LogP contribution >= 0.6 is 11.8 Å². The van der Waals surface area contributed by atoms with Gasteiger partial charge in [-0.15, -0.1) is 11.8 Å². The Bertz CT molecular complexity index is 1070. The first-order valence-electron chi connectivity index (χ1n) is 9.68. The fraction of sp³-hybridized carbons (Fsp3) is 0.318. The molecule has 28 heavy (non-hydrogen) atoms. The van der Waals surface area contributed by atoms with Gasteiger partial charge in [0.05, 0.1) is 5.39 Å². The number of rotatable bonds is 4. The second-order valence-corrected chi connectivity index (χ2v) is 8.63. The van der Waals surface area contributed by atoms with Crippen molar-refractivity contribution in [3.05, 3.63) is 64.1 Å². The molecule has 1 aromatic heterocycles. The molecule has 2 aromatic carbocycles. The average Bonchev–Trinajstić information content (AvgIpc) is 2.71. The van der Waals surface area contributed by atoms with Crippen molar-refractivity contribution in [1.29, 1.82) is 0 Å². The van der Waals surface area contributed by atoms with E-state index in [9.17, 15) is 9.59 Å². The van der Waals surface area contributed by atoms with Gasteiger partial charge < -0.3 is 5.32 Å². The quantitative estimate of drug-likeness (QED) is 0.660. The van der Waals surface area contributed by atoms with Gasteiger partial charge in [0.2, 0.25) is 0 Å². The topological polar surface area (TPSA) is 74.8 Å². The number of carbonyl (C=O) groups is 1. The Hall–Kier alpha value is -2.60. The molecular formula is C22H23N3O2S. The van der Waals surface area contributed by atoms with Gasteiger partial charge in [-0.1, -0.05) is 37.5 Å². The molecule has 1 saturated carbocycles. The second-order valence-electron chi connectivity index (χ2n) is 7.26. The number of benzene rings is 2. The molecular weight excluding hydrogens is 370 g/mol. The number of aromatic nitrogens is 2. The molecule has 2 N–H and O–H groups in total. The lowest BCUT2D eigenvalue weighted by Crippen LogP contribution is -2.19. The SMILES string of the molecule is Cc1cc(SC2CCCCC2)ccc1NC(=O)c1n[nH]c(=O)c2ccccc12. The Balaban J connectivity index is 1.53. The van der Waals surface area contributed by atoms with E-state index in [0.717, 1.165) is 11.3 Å². The zero-order valence-electron chi connectivity index (χ0n) is 15.8. The van der Waals surface area contributed by atoms with Gasteiger partial charge in [0, 0.05) is 21.2 Å². The predicted octanol–water partition coefficient (Wildman–Crippen LogP) is 4.91. The van der Waals surface area contributed by atoms with Gasteiger partial charge >= 0.3 is 0 Å². The number of hydrogen-bond donors (Lipinski definition) is 2. The number of amides is 1. The first kappa shape index (κ1) is 18.7. The van der Waals surface area contributed by atoms with Crippen LogP contribution < -0.4 is 10.9 Å². The zero-order chi connectivity index (χ0) is 19.5. The summed E-state index contributed by atoms with van der Waals surface area (Å²) in [5.74, 6) is -0.330. The molecule has 0 atom stereocenters. The summed E-state index contributed by atoms with van der Waals surface area (Å²) in [6, 6.07) is 13.1. The smallest absolute Gasteiger partial charge is 0.276 e. The van der Waals surface area contributed by atoms with Crippen LogP contribution in [0.15, 0.2) is 52.2 Å². The molecule has 144 valence electrons. The van der Waals surface area contributed by atoms with Crippen molar-refractivity contribution in [3.63, 3.8) is 0 Å². The van der Waals surface area contributed by atoms with Gasteiger partial charge in [-0.3, -0.25) is 9.59 Å². The Morgan fingerprint density at radius 2 is 1.86 bits per heavy atom. The summed E-state index contributed by atoms with van der Waals surface area (Å²) < 4.78 is 0. The Morgan fingerprint density at radius 1 is 1.11 bits per heavy atom. The molecule has 1 fully saturated rings. The number of nitrogens with one attached hydrogen (secondary N) is 2. The third kappa shape index (κ3) is 3.97. The van der Waals surface area contributed by atoms with Gasteiger partial charge in [0.25, 0.3) is 11.5 Å². The minimum Gasteiger partial charge on any atom is -0.320 e. The van der Waals surface area contributed by atoms with Crippen LogP contribution in [-0.2, 0) is 0 Å². The second kappa shape index (κ2) is 8.19. The highest BCUT2D eigenvalue weighted by atomic mass is 32.2. The molecule has 0 saturated heterocycles. The standard InChI is InChI=1S/C22H23N3O2S/c1-14-13-16(28-15-7-3-2-4-8-15)11-12-19(14)23-22(27)20-17-9-5-6-10-18(17)21(26)25-24-20/h5-6,9-13,15H,2-4,7-8H2,1H3,(H,23,27)(H,25,26). The number of H-pyrrole nitrogens is 1. The normalized spacial score (nSPS) is 14.9. The fourth-order valence-electron chi connectivity index (χ4n) is 3.69. The van der Waals surface area contributed by atoms with E-state index in [1.807, 2.05) is 24.8 Å². The van der Waals surface area contributed by atoms with Crippen LogP contribution in [-0.4, -0.2) is 21.4 Å². The van der Waals surface area contributed by atoms with Crippen molar-refractivity contribution in [2.45, 2.75) is 49.2 Å². The van der Waals surface area contributed by atoms with Gasteiger partial charge in [-0.05, 0) is 49.6 Å². The number of nitrogens with zero attached hydrogens (tertiary/aromatic N) is 1. The fourth-order valence-corrected chi connectivity index (χ4v) is 5.04. The van der Waals surface area contributed by atoms with Crippen LogP contribution in [0.3, 0.4) is 0 Å². The predicted molar refractivity (Wildman–Crippen MR) is 114 cm³/mol. The van der Waals surface area contributed by atoms with Crippen molar-refractivity contribution in [2.75, 3.05) is 5.32 Å². The molecule has 1 amide bonds. The largest absolute Gasteiger partial charge is 0.320 e. The third-order valence-corrected chi connectivity index (χ3v) is 6.54. The average molecular weight is 394 g/mol. The maximum absolute atomic E-state index is 12.8. The van der Waals surface area contributed by atoms with Crippen LogP contribution in [0, 0.1) is 6.92 Å². The van der Waals surface area contributed by atoms with E-state index in [-0.39, 0.29) is 17.2 Å². The molecule has 0 bridgehead atoms. The molecule has 0 unspecified atom stereocenters. The first-order chi connectivity index (χ1) is 13.6. The van der Waals surface area contributed by atoms with Crippen molar-refractivity contribution in [2.24, 2.45) is 0 Å². The summed E-state index contributed by atoms with van der Waals surface area (Å²) in [5.41, 5.74) is 1.70. The molecule has 4 rings (SSSR count). The summed E-state index contributed by atoms with van der Waals surface area (Å²) in [6.45, 7) is 2.00. The van der Waals surface area contributed by atoms with Crippen molar-refractivity contribution < 1.29 is 4.79 Å². The van der Waals surface area contributed by atoms with Crippen LogP contribution in [0.2, 0.25) is 0 Å². The molecule has 0 radical (unpaired) electrons. The van der Waals surface area contributed by atoms with Gasteiger partial charge in [-0.25, -0.2) is 5.10 Å². The van der Waals surface area contributed by atoms with Gasteiger partial charge in [-0.2, -0.15) is 5.10 Å². The highest BCUT2D eigenvalue weighted by Gasteiger charge is 2.17. The van der Waals surface area contributed by atoms with Crippen molar-refractivity contribution in [3.8, 4) is 0 Å². The Labute approximate surface area is 167 Å². The number of hydrogen-bond acceptors (Lipinski definition) is 4. The van der Waals surface area contributed by atoms with E-state index in [1.54, 1.807) is 24.3 Å². The molecule has 1 heterocycles. The molecule has 6 heteroatoms. The number of anilines is 1. The molecule has 3 aromatic rings. The van der Waals surface area contributed by atoms with Gasteiger partial charge in [0.15, 0.2) is 5.69 Å². The maximum atomic E-state index is 12.8. The monoisotopic (exact) mass is 393 g/mol. The molecule has 5 nitrogen and oxygen atoms in total. The number of carbonyl (C=O) groups excluding carboxylic acids is 1. The van der Waals surface area contributed by atoms with Crippen LogP contribution in [0.4, 0.5) is 5.69 Å². The van der Waals surface area contributed by atoms with Crippen LogP contribution in [0.25, 0.3) is 10.8 Å². The minimum absolute atomic E-state index is 0.218. The molecule has 1 aliphatic rings. The summed E-state index contributed by atoms with van der Waals surface area (Å²) in [7, 11) is 0. The number of aromatic amines is 1. The molecule has 0 spiro atoms. The van der Waals surface area contributed by atoms with Crippen molar-refractivity contribution in [1.82, 2.24) is 10.2 Å². The third-order valence-electron chi connectivity index (χ3n) is 5.21. The van der Waals surface area contributed by atoms with Crippen LogP contribution in [0.5, 0.6) is 0 Å². The summed E-state index contributed by atoms with van der Waals surface area (Å²) in [6.07, 6.45) is 6.57. The summed E-state index contributed by atoms with van der Waals surface area (Å²) in [4.78, 5) is 26.0. The number of fused-ring (bicyclic) bond motifs is 1. The van der Waals surface area contributed by atoms with Crippen molar-refractivity contribution >= 4 is 34.1 Å². The van der Waals surface area contributed by atoms with E-state index in [1.165, 1.54) is 37.0 Å². The lowest BCUT2D eigenvalue weighted by atomic mass is 10.0. The van der Waals surface area contributed by atoms with Gasteiger partial charge in [0.1, 0.15) is 0 Å². The van der Waals surface area contributed by atoms with E-state index in [2.05, 4.69) is 27.6 Å². The maximum Gasteiger partial charge on any atom is 0.276 e. The van der Waals surface area contributed by atoms with E-state index in [0.29, 0.717) is 16.0 Å². The first-order valence-corrected chi connectivity index (χ1v) is 10.6. The van der Waals surface area contributed by atoms with E-state index < -0.39 is 0 Å². The molecule has 1 aliphatic carbocycles. The summed E-state index contributed by atoms with van der Waals surface area (Å²) >= 11 is 1.94. The highest BCUT2D eigenvalue weighted by molar-refractivity contribution is 8.00. The lowest BCUT2D eigenvalue weighted by molar-refractivity contribution is 0.102. The Kier molecular flexibility index (Phi) is 5.48. The highest BCUT2D eigenvalue weighted by Crippen LogP contribution is 2.35. The Morgan fingerprint density at radius 3 is 2.61 bits per heavy atom. The minimum atomic E-state index is -0.330. The lowest BCUT2D eigenvalue weighted by Gasteiger charge is -2.21. The summed E-state index contributed by atoms with van der Waals surface area (Å²) in [5, 5.41) is 11.0. The van der Waals surface area contributed by atoms with Crippen LogP contribution in [0.1, 0.15) is 48.2 Å². The number of thioether (sulfide) groups is 1. The zero-order valence-corrected chi connectivity index (χ0v) is 16.6. The van der Waals surface area contributed by atoms with E-state index >= 15 is 0 Å². The van der Waals surface area contributed by atoms with E-state index in [4.69, 9.17) is 0 Å².